The standard InChI is InChI=1S/C19H28ClFN4O3/c1-12(2)7-15-17(21)16(24-19(20)23-15)9-22-18(27)14(10-25(28)11-26)8-13-5-3-4-6-13/h11-14,28H,3-10H2,1-2H3,(H,22,27)/t14-/m1/s1. The topological polar surface area (TPSA) is 95.4 Å². The molecule has 2 N–H and O–H groups in total. The summed E-state index contributed by atoms with van der Waals surface area (Å²) in [5, 5.41) is 12.6. The predicted octanol–water partition coefficient (Wildman–Crippen LogP) is 3.13. The average molecular weight is 415 g/mol. The smallest absolute Gasteiger partial charge is 0.233 e. The van der Waals surface area contributed by atoms with E-state index in [1.807, 2.05) is 13.8 Å². The van der Waals surface area contributed by atoms with Gasteiger partial charge in [-0.15, -0.1) is 0 Å². The van der Waals surface area contributed by atoms with E-state index in [0.717, 1.165) is 25.7 Å². The Bertz CT molecular complexity index is 683. The van der Waals surface area contributed by atoms with Gasteiger partial charge in [-0.05, 0) is 36.3 Å². The maximum atomic E-state index is 14.6. The molecule has 9 heteroatoms. The highest BCUT2D eigenvalue weighted by Gasteiger charge is 2.27. The first kappa shape index (κ1) is 22.5. The lowest BCUT2D eigenvalue weighted by Gasteiger charge is -2.22. The van der Waals surface area contributed by atoms with E-state index in [-0.39, 0.29) is 48.0 Å². The van der Waals surface area contributed by atoms with E-state index in [4.69, 9.17) is 11.6 Å². The third-order valence-electron chi connectivity index (χ3n) is 4.99. The van der Waals surface area contributed by atoms with Gasteiger partial charge in [0.15, 0.2) is 5.82 Å². The molecule has 1 aliphatic rings. The zero-order valence-electron chi connectivity index (χ0n) is 16.3. The van der Waals surface area contributed by atoms with Gasteiger partial charge in [-0.1, -0.05) is 39.5 Å². The minimum Gasteiger partial charge on any atom is -0.350 e. The number of carbonyl (C=O) groups excluding carboxylic acids is 2. The maximum absolute atomic E-state index is 14.6. The Kier molecular flexibility index (Phi) is 8.57. The molecule has 1 saturated carbocycles. The molecule has 28 heavy (non-hydrogen) atoms. The number of hydroxylamine groups is 2. The van der Waals surface area contributed by atoms with Crippen LogP contribution in [0.15, 0.2) is 0 Å². The highest BCUT2D eigenvalue weighted by molar-refractivity contribution is 6.28. The molecule has 0 unspecified atom stereocenters. The van der Waals surface area contributed by atoms with Crippen LogP contribution in [-0.4, -0.2) is 39.1 Å². The van der Waals surface area contributed by atoms with E-state index in [1.165, 1.54) is 0 Å². The highest BCUT2D eigenvalue weighted by Crippen LogP contribution is 2.30. The van der Waals surface area contributed by atoms with Crippen molar-refractivity contribution in [3.05, 3.63) is 22.5 Å². The van der Waals surface area contributed by atoms with Crippen LogP contribution in [0.4, 0.5) is 4.39 Å². The first-order valence-electron chi connectivity index (χ1n) is 9.69. The summed E-state index contributed by atoms with van der Waals surface area (Å²) in [6.45, 7) is 3.65. The maximum Gasteiger partial charge on any atom is 0.233 e. The van der Waals surface area contributed by atoms with Crippen LogP contribution in [-0.2, 0) is 22.6 Å². The van der Waals surface area contributed by atoms with E-state index in [1.54, 1.807) is 0 Å². The molecule has 156 valence electrons. The van der Waals surface area contributed by atoms with E-state index in [0.29, 0.717) is 23.8 Å². The van der Waals surface area contributed by atoms with Crippen molar-refractivity contribution in [3.63, 3.8) is 0 Å². The third-order valence-corrected chi connectivity index (χ3v) is 5.15. The lowest BCUT2D eigenvalue weighted by molar-refractivity contribution is -0.155. The molecule has 7 nitrogen and oxygen atoms in total. The zero-order chi connectivity index (χ0) is 20.7. The summed E-state index contributed by atoms with van der Waals surface area (Å²) >= 11 is 5.90. The number of hydrogen-bond donors (Lipinski definition) is 2. The summed E-state index contributed by atoms with van der Waals surface area (Å²) in [5.41, 5.74) is 0.254. The van der Waals surface area contributed by atoms with Gasteiger partial charge in [-0.3, -0.25) is 14.8 Å². The van der Waals surface area contributed by atoms with Gasteiger partial charge in [0.05, 0.1) is 24.7 Å². The van der Waals surface area contributed by atoms with Gasteiger partial charge in [0.2, 0.25) is 17.6 Å². The van der Waals surface area contributed by atoms with E-state index in [9.17, 15) is 19.2 Å². The number of aromatic nitrogens is 2. The molecular weight excluding hydrogens is 387 g/mol. The first-order chi connectivity index (χ1) is 13.3. The number of halogens is 2. The van der Waals surface area contributed by atoms with Crippen molar-refractivity contribution in [2.45, 2.75) is 58.9 Å². The van der Waals surface area contributed by atoms with Crippen molar-refractivity contribution in [1.82, 2.24) is 20.3 Å². The Morgan fingerprint density at radius 2 is 2.00 bits per heavy atom. The highest BCUT2D eigenvalue weighted by atomic mass is 35.5. The van der Waals surface area contributed by atoms with Crippen LogP contribution in [0.3, 0.4) is 0 Å². The minimum absolute atomic E-state index is 0.0276. The zero-order valence-corrected chi connectivity index (χ0v) is 17.1. The molecule has 0 bridgehead atoms. The molecule has 2 rings (SSSR count). The second-order valence-corrected chi connectivity index (χ2v) is 8.16. The molecular formula is C19H28ClFN4O3. The monoisotopic (exact) mass is 414 g/mol. The largest absolute Gasteiger partial charge is 0.350 e. The third kappa shape index (κ3) is 6.67. The molecule has 1 fully saturated rings. The average Bonchev–Trinajstić information content (AvgIpc) is 3.14. The quantitative estimate of drug-likeness (QED) is 0.265. The van der Waals surface area contributed by atoms with Crippen molar-refractivity contribution in [3.8, 4) is 0 Å². The van der Waals surface area contributed by atoms with E-state index < -0.39 is 11.7 Å². The van der Waals surface area contributed by atoms with Gasteiger partial charge >= 0.3 is 0 Å². The number of amides is 2. The normalized spacial score (nSPS) is 15.6. The summed E-state index contributed by atoms with van der Waals surface area (Å²) in [4.78, 5) is 31.2. The number of rotatable bonds is 10. The molecule has 0 spiro atoms. The summed E-state index contributed by atoms with van der Waals surface area (Å²) in [7, 11) is 0. The van der Waals surface area contributed by atoms with E-state index >= 15 is 0 Å². The van der Waals surface area contributed by atoms with Crippen LogP contribution in [0.1, 0.15) is 57.3 Å². The fraction of sp³-hybridized carbons (Fsp3) is 0.684. The molecule has 0 aromatic carbocycles. The van der Waals surface area contributed by atoms with Crippen LogP contribution < -0.4 is 5.32 Å². The lowest BCUT2D eigenvalue weighted by Crippen LogP contribution is -2.38. The summed E-state index contributed by atoms with van der Waals surface area (Å²) < 4.78 is 14.6. The number of carbonyl (C=O) groups is 2. The molecule has 1 aliphatic carbocycles. The lowest BCUT2D eigenvalue weighted by atomic mass is 9.92. The summed E-state index contributed by atoms with van der Waals surface area (Å²) in [5.74, 6) is -0.917. The van der Waals surface area contributed by atoms with Gasteiger partial charge in [0, 0.05) is 0 Å². The Morgan fingerprint density at radius 3 is 2.61 bits per heavy atom. The van der Waals surface area contributed by atoms with E-state index in [2.05, 4.69) is 15.3 Å². The Balaban J connectivity index is 2.06. The van der Waals surface area contributed by atoms with Crippen LogP contribution in [0.25, 0.3) is 0 Å². The van der Waals surface area contributed by atoms with Gasteiger partial charge in [0.25, 0.3) is 0 Å². The van der Waals surface area contributed by atoms with Gasteiger partial charge in [-0.2, -0.15) is 0 Å². The molecule has 1 atom stereocenters. The molecule has 1 aromatic heterocycles. The molecule has 1 heterocycles. The molecule has 2 amide bonds. The first-order valence-corrected chi connectivity index (χ1v) is 10.1. The fourth-order valence-corrected chi connectivity index (χ4v) is 3.85. The van der Waals surface area contributed by atoms with Gasteiger partial charge < -0.3 is 5.32 Å². The second-order valence-electron chi connectivity index (χ2n) is 7.83. The fourth-order valence-electron chi connectivity index (χ4n) is 3.65. The molecule has 0 saturated heterocycles. The van der Waals surface area contributed by atoms with Crippen molar-refractivity contribution >= 4 is 23.9 Å². The Labute approximate surface area is 169 Å². The minimum atomic E-state index is -0.575. The second kappa shape index (κ2) is 10.7. The van der Waals surface area contributed by atoms with Crippen LogP contribution in [0.5, 0.6) is 0 Å². The number of nitrogens with one attached hydrogen (secondary N) is 1. The summed E-state index contributed by atoms with van der Waals surface area (Å²) in [6, 6.07) is 0. The molecule has 1 aromatic rings. The van der Waals surface area contributed by atoms with Gasteiger partial charge in [-0.25, -0.2) is 19.4 Å². The van der Waals surface area contributed by atoms with Crippen molar-refractivity contribution in [2.24, 2.45) is 17.8 Å². The Hall–Kier alpha value is -1.80. The van der Waals surface area contributed by atoms with Gasteiger partial charge in [0.1, 0.15) is 5.69 Å². The SMILES string of the molecule is CC(C)Cc1nc(Cl)nc(CNC(=O)[C@H](CC2CCCC2)CN(O)C=O)c1F. The Morgan fingerprint density at radius 1 is 1.36 bits per heavy atom. The van der Waals surface area contributed by atoms with Crippen LogP contribution in [0.2, 0.25) is 5.28 Å². The number of nitrogens with zero attached hydrogens (tertiary/aromatic N) is 3. The summed E-state index contributed by atoms with van der Waals surface area (Å²) in [6.07, 6.45) is 5.57. The van der Waals surface area contributed by atoms with Crippen molar-refractivity contribution < 1.29 is 19.2 Å². The predicted molar refractivity (Wildman–Crippen MR) is 102 cm³/mol. The molecule has 0 aliphatic heterocycles. The van der Waals surface area contributed by atoms with Crippen LogP contribution in [0, 0.1) is 23.6 Å². The van der Waals surface area contributed by atoms with Crippen molar-refractivity contribution in [1.29, 1.82) is 0 Å². The van der Waals surface area contributed by atoms with Crippen molar-refractivity contribution in [2.75, 3.05) is 6.54 Å². The number of hydrogen-bond acceptors (Lipinski definition) is 5. The van der Waals surface area contributed by atoms with Crippen LogP contribution >= 0.6 is 11.6 Å². The molecule has 0 radical (unpaired) electrons.